The van der Waals surface area contributed by atoms with Gasteiger partial charge in [-0.2, -0.15) is 0 Å². The van der Waals surface area contributed by atoms with Crippen molar-refractivity contribution < 1.29 is 9.53 Å². The number of benzene rings is 2. The molecular formula is C30H42N6O2. The number of aromatic nitrogens is 1. The molecule has 1 aromatic heterocycles. The molecule has 1 aliphatic rings. The van der Waals surface area contributed by atoms with Crippen LogP contribution in [0.25, 0.3) is 0 Å². The Morgan fingerprint density at radius 1 is 0.974 bits per heavy atom. The SMILES string of the molecule is CN1CCC(C=O)CC1.CNc1cc(Oc2ccc(NCNc3cccc(C(C)C)c3)c(NC)c2)ccn1. The zero-order valence-corrected chi connectivity index (χ0v) is 23.3. The van der Waals surface area contributed by atoms with Gasteiger partial charge < -0.3 is 35.7 Å². The van der Waals surface area contributed by atoms with Crippen LogP contribution in [0.15, 0.2) is 60.8 Å². The number of ether oxygens (including phenoxy) is 1. The largest absolute Gasteiger partial charge is 0.457 e. The molecule has 0 spiro atoms. The topological polar surface area (TPSA) is 90.6 Å². The van der Waals surface area contributed by atoms with Crippen LogP contribution >= 0.6 is 0 Å². The molecule has 2 aromatic carbocycles. The third-order valence-corrected chi connectivity index (χ3v) is 6.56. The Labute approximate surface area is 227 Å². The van der Waals surface area contributed by atoms with Crippen LogP contribution < -0.4 is 26.0 Å². The number of nitrogens with one attached hydrogen (secondary N) is 4. The van der Waals surface area contributed by atoms with Gasteiger partial charge in [-0.15, -0.1) is 0 Å². The number of pyridine rings is 1. The second-order valence-electron chi connectivity index (χ2n) is 9.77. The van der Waals surface area contributed by atoms with Gasteiger partial charge in [-0.1, -0.05) is 26.0 Å². The average molecular weight is 519 g/mol. The van der Waals surface area contributed by atoms with Crippen molar-refractivity contribution in [2.45, 2.75) is 32.6 Å². The van der Waals surface area contributed by atoms with Gasteiger partial charge in [-0.25, -0.2) is 4.98 Å². The van der Waals surface area contributed by atoms with Gasteiger partial charge in [0.1, 0.15) is 23.6 Å². The van der Waals surface area contributed by atoms with Crippen molar-refractivity contribution in [3.63, 3.8) is 0 Å². The van der Waals surface area contributed by atoms with Gasteiger partial charge in [-0.3, -0.25) is 0 Å². The summed E-state index contributed by atoms with van der Waals surface area (Å²) in [6.07, 6.45) is 4.92. The summed E-state index contributed by atoms with van der Waals surface area (Å²) in [7, 11) is 5.83. The molecule has 0 amide bonds. The Bertz CT molecular complexity index is 1150. The quantitative estimate of drug-likeness (QED) is 0.189. The summed E-state index contributed by atoms with van der Waals surface area (Å²) in [4.78, 5) is 16.7. The first-order chi connectivity index (χ1) is 18.4. The zero-order valence-electron chi connectivity index (χ0n) is 23.3. The molecule has 1 aliphatic heterocycles. The van der Waals surface area contributed by atoms with Gasteiger partial charge in [-0.05, 0) is 74.8 Å². The van der Waals surface area contributed by atoms with E-state index in [9.17, 15) is 4.79 Å². The van der Waals surface area contributed by atoms with Crippen molar-refractivity contribution >= 4 is 29.2 Å². The minimum absolute atomic E-state index is 0.348. The Morgan fingerprint density at radius 3 is 2.42 bits per heavy atom. The van der Waals surface area contributed by atoms with Gasteiger partial charge in [0.25, 0.3) is 0 Å². The third kappa shape index (κ3) is 8.95. The summed E-state index contributed by atoms with van der Waals surface area (Å²) < 4.78 is 5.96. The highest BCUT2D eigenvalue weighted by Crippen LogP contribution is 2.30. The van der Waals surface area contributed by atoms with Crippen molar-refractivity contribution in [1.29, 1.82) is 0 Å². The van der Waals surface area contributed by atoms with Crippen LogP contribution in [-0.4, -0.2) is 57.1 Å². The summed E-state index contributed by atoms with van der Waals surface area (Å²) in [6, 6.07) is 18.1. The number of rotatable bonds is 10. The maximum Gasteiger partial charge on any atom is 0.132 e. The van der Waals surface area contributed by atoms with E-state index in [-0.39, 0.29) is 0 Å². The second kappa shape index (κ2) is 14.8. The summed E-state index contributed by atoms with van der Waals surface area (Å²) in [6.45, 7) is 7.19. The van der Waals surface area contributed by atoms with E-state index in [1.807, 2.05) is 44.4 Å². The van der Waals surface area contributed by atoms with Crippen LogP contribution in [-0.2, 0) is 4.79 Å². The lowest BCUT2D eigenvalue weighted by atomic mass is 9.99. The van der Waals surface area contributed by atoms with Crippen molar-refractivity contribution in [3.05, 3.63) is 66.4 Å². The molecule has 204 valence electrons. The predicted molar refractivity (Wildman–Crippen MR) is 159 cm³/mol. The molecule has 0 bridgehead atoms. The Hall–Kier alpha value is -3.78. The Kier molecular flexibility index (Phi) is 11.2. The molecule has 0 saturated carbocycles. The number of aldehydes is 1. The number of carbonyl (C=O) groups is 1. The first-order valence-corrected chi connectivity index (χ1v) is 13.3. The molecule has 8 heteroatoms. The number of carbonyl (C=O) groups excluding carboxylic acids is 1. The average Bonchev–Trinajstić information content (AvgIpc) is 2.94. The normalized spacial score (nSPS) is 13.7. The summed E-state index contributed by atoms with van der Waals surface area (Å²) in [5, 5.41) is 13.1. The minimum atomic E-state index is 0.348. The van der Waals surface area contributed by atoms with Crippen LogP contribution in [0, 0.1) is 5.92 Å². The van der Waals surface area contributed by atoms with E-state index in [2.05, 4.69) is 76.3 Å². The van der Waals surface area contributed by atoms with Gasteiger partial charge in [0.05, 0.1) is 18.0 Å². The summed E-state index contributed by atoms with van der Waals surface area (Å²) in [5.41, 5.74) is 4.39. The first-order valence-electron chi connectivity index (χ1n) is 13.3. The van der Waals surface area contributed by atoms with Crippen molar-refractivity contribution in [3.8, 4) is 11.5 Å². The van der Waals surface area contributed by atoms with Crippen LogP contribution in [0.3, 0.4) is 0 Å². The zero-order chi connectivity index (χ0) is 27.3. The summed E-state index contributed by atoms with van der Waals surface area (Å²) >= 11 is 0. The molecule has 0 atom stereocenters. The van der Waals surface area contributed by atoms with E-state index in [1.165, 1.54) is 5.56 Å². The van der Waals surface area contributed by atoms with E-state index in [1.54, 1.807) is 6.20 Å². The molecule has 1 fully saturated rings. The number of anilines is 4. The predicted octanol–water partition coefficient (Wildman–Crippen LogP) is 6.09. The maximum atomic E-state index is 10.2. The minimum Gasteiger partial charge on any atom is -0.457 e. The van der Waals surface area contributed by atoms with E-state index in [0.717, 1.165) is 66.6 Å². The van der Waals surface area contributed by atoms with Gasteiger partial charge in [0.15, 0.2) is 0 Å². The standard InChI is InChI=1S/C23H29N5O.C7H13NO/c1-16(2)17-6-5-7-18(12-17)27-15-28-21-9-8-19(13-22(21)24-3)29-20-10-11-26-23(14-20)25-4;1-8-4-2-7(6-9)3-5-8/h5-14,16,24,27-28H,15H2,1-4H3,(H,25,26);6-7H,2-5H2,1H3. The highest BCUT2D eigenvalue weighted by Gasteiger charge is 2.14. The van der Waals surface area contributed by atoms with Crippen LogP contribution in [0.1, 0.15) is 38.2 Å². The molecule has 38 heavy (non-hydrogen) atoms. The number of piperidine rings is 1. The fraction of sp³-hybridized carbons (Fsp3) is 0.400. The molecular weight excluding hydrogens is 476 g/mol. The third-order valence-electron chi connectivity index (χ3n) is 6.56. The van der Waals surface area contributed by atoms with Crippen LogP contribution in [0.2, 0.25) is 0 Å². The van der Waals surface area contributed by atoms with E-state index in [0.29, 0.717) is 18.5 Å². The number of hydrogen-bond acceptors (Lipinski definition) is 8. The van der Waals surface area contributed by atoms with Crippen LogP contribution in [0.4, 0.5) is 22.9 Å². The number of likely N-dealkylation sites (tertiary alicyclic amines) is 1. The highest BCUT2D eigenvalue weighted by molar-refractivity contribution is 5.71. The fourth-order valence-corrected chi connectivity index (χ4v) is 4.11. The lowest BCUT2D eigenvalue weighted by molar-refractivity contribution is -0.112. The molecule has 3 aromatic rings. The Balaban J connectivity index is 0.000000375. The van der Waals surface area contributed by atoms with Gasteiger partial charge in [0, 0.05) is 44.0 Å². The lowest BCUT2D eigenvalue weighted by Crippen LogP contribution is -2.30. The molecule has 0 unspecified atom stereocenters. The number of hydrogen-bond donors (Lipinski definition) is 4. The molecule has 0 radical (unpaired) electrons. The van der Waals surface area contributed by atoms with Crippen molar-refractivity contribution in [2.75, 3.05) is 62.2 Å². The molecule has 1 saturated heterocycles. The van der Waals surface area contributed by atoms with E-state index in [4.69, 9.17) is 4.74 Å². The number of nitrogens with zero attached hydrogens (tertiary/aromatic N) is 2. The molecule has 4 N–H and O–H groups in total. The second-order valence-corrected chi connectivity index (χ2v) is 9.77. The molecule has 2 heterocycles. The van der Waals surface area contributed by atoms with E-state index < -0.39 is 0 Å². The van der Waals surface area contributed by atoms with Crippen molar-refractivity contribution in [1.82, 2.24) is 9.88 Å². The molecule has 4 rings (SSSR count). The monoisotopic (exact) mass is 518 g/mol. The van der Waals surface area contributed by atoms with Gasteiger partial charge >= 0.3 is 0 Å². The van der Waals surface area contributed by atoms with Crippen molar-refractivity contribution in [2.24, 2.45) is 5.92 Å². The maximum absolute atomic E-state index is 10.2. The smallest absolute Gasteiger partial charge is 0.132 e. The van der Waals surface area contributed by atoms with E-state index >= 15 is 0 Å². The lowest BCUT2D eigenvalue weighted by Gasteiger charge is -2.25. The molecule has 8 nitrogen and oxygen atoms in total. The summed E-state index contributed by atoms with van der Waals surface area (Å²) in [5.74, 6) is 3.12. The van der Waals surface area contributed by atoms with Gasteiger partial charge in [0.2, 0.25) is 0 Å². The first kappa shape index (κ1) is 28.8. The Morgan fingerprint density at radius 2 is 1.74 bits per heavy atom. The molecule has 0 aliphatic carbocycles. The highest BCUT2D eigenvalue weighted by atomic mass is 16.5. The van der Waals surface area contributed by atoms with Crippen LogP contribution in [0.5, 0.6) is 11.5 Å². The fourth-order valence-electron chi connectivity index (χ4n) is 4.11.